The highest BCUT2D eigenvalue weighted by atomic mass is 32.2. The molecule has 1 aromatic carbocycles. The molecule has 2 aromatic rings. The van der Waals surface area contributed by atoms with Gasteiger partial charge in [-0.05, 0) is 32.9 Å². The molecule has 0 atom stereocenters. The number of aromatic nitrogens is 2. The van der Waals surface area contributed by atoms with Crippen LogP contribution in [0.2, 0.25) is 0 Å². The number of nitrogens with one attached hydrogen (secondary N) is 1. The van der Waals surface area contributed by atoms with Gasteiger partial charge >= 0.3 is 0 Å². The average Bonchev–Trinajstić information content (AvgIpc) is 2.47. The molecule has 2 rings (SSSR count). The van der Waals surface area contributed by atoms with E-state index in [1.165, 1.54) is 11.8 Å². The van der Waals surface area contributed by atoms with Crippen LogP contribution in [0, 0.1) is 0 Å². The fourth-order valence-electron chi connectivity index (χ4n) is 2.13. The Kier molecular flexibility index (Phi) is 5.26. The molecule has 0 aliphatic carbocycles. The zero-order valence-corrected chi connectivity index (χ0v) is 14.4. The summed E-state index contributed by atoms with van der Waals surface area (Å²) >= 11 is 1.26. The molecular formula is C17H21N3O2S. The Hall–Kier alpha value is -2.08. The van der Waals surface area contributed by atoms with E-state index in [1.54, 1.807) is 22.8 Å². The van der Waals surface area contributed by atoms with Crippen molar-refractivity contribution >= 4 is 28.6 Å². The fourth-order valence-corrected chi connectivity index (χ4v) is 2.94. The van der Waals surface area contributed by atoms with Crippen LogP contribution in [0.5, 0.6) is 0 Å². The lowest BCUT2D eigenvalue weighted by Gasteiger charge is -2.20. The Morgan fingerprint density at radius 3 is 2.74 bits per heavy atom. The van der Waals surface area contributed by atoms with E-state index in [9.17, 15) is 9.59 Å². The zero-order valence-electron chi connectivity index (χ0n) is 13.6. The third kappa shape index (κ3) is 4.45. The van der Waals surface area contributed by atoms with Crippen LogP contribution in [0.4, 0.5) is 0 Å². The summed E-state index contributed by atoms with van der Waals surface area (Å²) in [5, 5.41) is 3.99. The van der Waals surface area contributed by atoms with Gasteiger partial charge in [-0.2, -0.15) is 0 Å². The minimum atomic E-state index is -0.282. The molecule has 5 nitrogen and oxygen atoms in total. The van der Waals surface area contributed by atoms with Crippen molar-refractivity contribution in [2.75, 3.05) is 5.75 Å². The van der Waals surface area contributed by atoms with Crippen molar-refractivity contribution in [3.63, 3.8) is 0 Å². The van der Waals surface area contributed by atoms with Crippen LogP contribution in [-0.2, 0) is 11.3 Å². The van der Waals surface area contributed by atoms with E-state index >= 15 is 0 Å². The Morgan fingerprint density at radius 1 is 1.39 bits per heavy atom. The molecule has 0 radical (unpaired) electrons. The van der Waals surface area contributed by atoms with E-state index in [4.69, 9.17) is 0 Å². The molecule has 23 heavy (non-hydrogen) atoms. The number of amides is 1. The molecule has 122 valence electrons. The third-order valence-electron chi connectivity index (χ3n) is 2.99. The Morgan fingerprint density at radius 2 is 2.09 bits per heavy atom. The van der Waals surface area contributed by atoms with Gasteiger partial charge in [0.05, 0.1) is 16.7 Å². The van der Waals surface area contributed by atoms with Crippen LogP contribution in [0.25, 0.3) is 10.9 Å². The van der Waals surface area contributed by atoms with Gasteiger partial charge in [-0.1, -0.05) is 30.0 Å². The maximum atomic E-state index is 12.6. The van der Waals surface area contributed by atoms with Crippen molar-refractivity contribution in [2.24, 2.45) is 0 Å². The number of para-hydroxylation sites is 1. The first kappa shape index (κ1) is 17.3. The summed E-state index contributed by atoms with van der Waals surface area (Å²) in [6.07, 6.45) is 1.65. The number of benzene rings is 1. The van der Waals surface area contributed by atoms with E-state index in [0.29, 0.717) is 22.6 Å². The molecular weight excluding hydrogens is 310 g/mol. The second kappa shape index (κ2) is 7.00. The molecule has 1 heterocycles. The van der Waals surface area contributed by atoms with Crippen LogP contribution in [0.15, 0.2) is 46.9 Å². The first-order chi connectivity index (χ1) is 10.8. The summed E-state index contributed by atoms with van der Waals surface area (Å²) < 4.78 is 1.55. The summed E-state index contributed by atoms with van der Waals surface area (Å²) in [4.78, 5) is 29.1. The van der Waals surface area contributed by atoms with Gasteiger partial charge in [-0.15, -0.1) is 6.58 Å². The summed E-state index contributed by atoms with van der Waals surface area (Å²) in [6, 6.07) is 7.21. The van der Waals surface area contributed by atoms with Gasteiger partial charge in [0.15, 0.2) is 5.16 Å². The first-order valence-electron chi connectivity index (χ1n) is 7.36. The van der Waals surface area contributed by atoms with Gasteiger partial charge < -0.3 is 5.32 Å². The van der Waals surface area contributed by atoms with Crippen LogP contribution in [-0.4, -0.2) is 26.8 Å². The van der Waals surface area contributed by atoms with E-state index in [1.807, 2.05) is 32.9 Å². The monoisotopic (exact) mass is 331 g/mol. The Bertz CT molecular complexity index is 791. The average molecular weight is 331 g/mol. The third-order valence-corrected chi connectivity index (χ3v) is 3.96. The van der Waals surface area contributed by atoms with Crippen molar-refractivity contribution in [2.45, 2.75) is 38.0 Å². The summed E-state index contributed by atoms with van der Waals surface area (Å²) in [6.45, 7) is 9.83. The first-order valence-corrected chi connectivity index (χ1v) is 8.34. The highest BCUT2D eigenvalue weighted by Crippen LogP contribution is 2.18. The summed E-state index contributed by atoms with van der Waals surface area (Å²) in [5.41, 5.74) is 0.237. The fraction of sp³-hybridized carbons (Fsp3) is 0.353. The van der Waals surface area contributed by atoms with Crippen molar-refractivity contribution in [1.82, 2.24) is 14.9 Å². The molecule has 0 saturated carbocycles. The SMILES string of the molecule is C=CCn1c(SCC(=O)NC(C)(C)C)nc2ccccc2c1=O. The molecule has 0 unspecified atom stereocenters. The van der Waals surface area contributed by atoms with Crippen molar-refractivity contribution < 1.29 is 4.79 Å². The quantitative estimate of drug-likeness (QED) is 0.520. The van der Waals surface area contributed by atoms with Crippen LogP contribution < -0.4 is 10.9 Å². The predicted molar refractivity (Wildman–Crippen MR) is 94.8 cm³/mol. The lowest BCUT2D eigenvalue weighted by atomic mass is 10.1. The number of nitrogens with zero attached hydrogens (tertiary/aromatic N) is 2. The molecule has 1 aromatic heterocycles. The smallest absolute Gasteiger partial charge is 0.262 e. The van der Waals surface area contributed by atoms with Gasteiger partial charge in [-0.25, -0.2) is 4.98 Å². The minimum absolute atomic E-state index is 0.0879. The number of thioether (sulfide) groups is 1. The molecule has 0 bridgehead atoms. The number of fused-ring (bicyclic) bond motifs is 1. The van der Waals surface area contributed by atoms with Crippen LogP contribution >= 0.6 is 11.8 Å². The lowest BCUT2D eigenvalue weighted by molar-refractivity contribution is -0.119. The van der Waals surface area contributed by atoms with E-state index in [-0.39, 0.29) is 22.8 Å². The maximum Gasteiger partial charge on any atom is 0.262 e. The number of allylic oxidation sites excluding steroid dienone is 1. The summed E-state index contributed by atoms with van der Waals surface area (Å²) in [7, 11) is 0. The molecule has 1 N–H and O–H groups in total. The highest BCUT2D eigenvalue weighted by Gasteiger charge is 2.16. The molecule has 0 spiro atoms. The van der Waals surface area contributed by atoms with E-state index < -0.39 is 0 Å². The van der Waals surface area contributed by atoms with Gasteiger partial charge in [0.1, 0.15) is 0 Å². The van der Waals surface area contributed by atoms with Crippen molar-refractivity contribution in [1.29, 1.82) is 0 Å². The van der Waals surface area contributed by atoms with E-state index in [2.05, 4.69) is 16.9 Å². The normalized spacial score (nSPS) is 11.4. The number of rotatable bonds is 5. The number of carbonyl (C=O) groups excluding carboxylic acids is 1. The predicted octanol–water partition coefficient (Wildman–Crippen LogP) is 2.59. The largest absolute Gasteiger partial charge is 0.351 e. The zero-order chi connectivity index (χ0) is 17.0. The highest BCUT2D eigenvalue weighted by molar-refractivity contribution is 7.99. The lowest BCUT2D eigenvalue weighted by Crippen LogP contribution is -2.41. The molecule has 0 aliphatic heterocycles. The molecule has 0 aliphatic rings. The van der Waals surface area contributed by atoms with Crippen LogP contribution in [0.3, 0.4) is 0 Å². The second-order valence-electron chi connectivity index (χ2n) is 6.20. The number of hydrogen-bond acceptors (Lipinski definition) is 4. The van der Waals surface area contributed by atoms with Gasteiger partial charge in [0.25, 0.3) is 5.56 Å². The Labute approximate surface area is 139 Å². The second-order valence-corrected chi connectivity index (χ2v) is 7.15. The topological polar surface area (TPSA) is 64.0 Å². The van der Waals surface area contributed by atoms with Crippen molar-refractivity contribution in [3.05, 3.63) is 47.3 Å². The molecule has 0 fully saturated rings. The molecule has 1 amide bonds. The van der Waals surface area contributed by atoms with Gasteiger partial charge in [0, 0.05) is 12.1 Å². The number of hydrogen-bond donors (Lipinski definition) is 1. The van der Waals surface area contributed by atoms with Gasteiger partial charge in [-0.3, -0.25) is 14.2 Å². The molecule has 6 heteroatoms. The standard InChI is InChI=1S/C17H21N3O2S/c1-5-10-20-15(22)12-8-6-7-9-13(12)18-16(20)23-11-14(21)19-17(2,3)4/h5-9H,1,10-11H2,2-4H3,(H,19,21). The molecule has 0 saturated heterocycles. The van der Waals surface area contributed by atoms with Crippen molar-refractivity contribution in [3.8, 4) is 0 Å². The van der Waals surface area contributed by atoms with Crippen LogP contribution in [0.1, 0.15) is 20.8 Å². The van der Waals surface area contributed by atoms with Gasteiger partial charge in [0.2, 0.25) is 5.91 Å². The maximum absolute atomic E-state index is 12.6. The van der Waals surface area contributed by atoms with E-state index in [0.717, 1.165) is 0 Å². The minimum Gasteiger partial charge on any atom is -0.351 e. The Balaban J connectivity index is 2.32. The summed E-state index contributed by atoms with van der Waals surface area (Å²) in [5.74, 6) is 0.120. The number of carbonyl (C=O) groups is 1.